The number of carbonyl (C=O) groups excluding carboxylic acids is 1. The predicted octanol–water partition coefficient (Wildman–Crippen LogP) is 4.55. The number of benzene rings is 2. The van der Waals surface area contributed by atoms with Crippen LogP contribution in [0.5, 0.6) is 0 Å². The van der Waals surface area contributed by atoms with E-state index in [2.05, 4.69) is 11.1 Å². The van der Waals surface area contributed by atoms with Crippen LogP contribution >= 0.6 is 11.8 Å². The largest absolute Gasteiger partial charge is 0.333 e. The van der Waals surface area contributed by atoms with Gasteiger partial charge in [-0.05, 0) is 47.5 Å². The minimum atomic E-state index is -0.321. The molecule has 0 saturated heterocycles. The molecule has 0 fully saturated rings. The van der Waals surface area contributed by atoms with E-state index in [1.54, 1.807) is 29.3 Å². The molecule has 146 valence electrons. The van der Waals surface area contributed by atoms with Crippen LogP contribution in [0, 0.1) is 17.1 Å². The first-order valence-electron chi connectivity index (χ1n) is 9.13. The number of nitrogens with zero attached hydrogens (tertiary/aromatic N) is 3. The summed E-state index contributed by atoms with van der Waals surface area (Å²) in [6.07, 6.45) is 1.73. The Morgan fingerprint density at radius 2 is 1.83 bits per heavy atom. The Morgan fingerprint density at radius 1 is 1.03 bits per heavy atom. The summed E-state index contributed by atoms with van der Waals surface area (Å²) < 4.78 is 13.6. The lowest BCUT2D eigenvalue weighted by molar-refractivity contribution is -0.129. The van der Waals surface area contributed by atoms with Crippen LogP contribution in [-0.2, 0) is 23.6 Å². The summed E-state index contributed by atoms with van der Waals surface area (Å²) in [6.45, 7) is 0.714. The number of hydrogen-bond acceptors (Lipinski definition) is 4. The molecule has 0 aliphatic carbocycles. The van der Waals surface area contributed by atoms with E-state index >= 15 is 0 Å². The highest BCUT2D eigenvalue weighted by atomic mass is 32.2. The summed E-state index contributed by atoms with van der Waals surface area (Å²) in [5, 5.41) is 8.95. The number of amides is 1. The van der Waals surface area contributed by atoms with E-state index in [4.69, 9.17) is 5.26 Å². The first-order valence-corrected chi connectivity index (χ1v) is 10.3. The quantitative estimate of drug-likeness (QED) is 0.551. The summed E-state index contributed by atoms with van der Waals surface area (Å²) in [6, 6.07) is 21.2. The molecule has 0 aliphatic rings. The van der Waals surface area contributed by atoms with Crippen LogP contribution in [0.3, 0.4) is 0 Å². The molecule has 0 saturated carbocycles. The molecule has 1 heterocycles. The highest BCUT2D eigenvalue weighted by Gasteiger charge is 2.15. The van der Waals surface area contributed by atoms with Gasteiger partial charge in [0.15, 0.2) is 0 Å². The van der Waals surface area contributed by atoms with Crippen LogP contribution in [0.1, 0.15) is 22.4 Å². The molecule has 4 nitrogen and oxygen atoms in total. The summed E-state index contributed by atoms with van der Waals surface area (Å²) >= 11 is 1.50. The lowest BCUT2D eigenvalue weighted by Gasteiger charge is -2.23. The summed E-state index contributed by atoms with van der Waals surface area (Å²) in [5.41, 5.74) is 3.15. The standard InChI is InChI=1S/C23H20FN3OS/c24-21-5-3-4-20(12-21)15-27(14-19-9-7-18(13-25)8-10-19)23(28)17-29-16-22-6-1-2-11-26-22/h1-12H,14-17H2. The van der Waals surface area contributed by atoms with Crippen molar-refractivity contribution in [3.8, 4) is 6.07 Å². The Hall–Kier alpha value is -3.17. The Labute approximate surface area is 174 Å². The molecule has 1 aromatic heterocycles. The first kappa shape index (κ1) is 20.6. The van der Waals surface area contributed by atoms with Gasteiger partial charge < -0.3 is 4.90 Å². The van der Waals surface area contributed by atoms with E-state index in [1.165, 1.54) is 23.9 Å². The second-order valence-corrected chi connectivity index (χ2v) is 7.49. The zero-order valence-corrected chi connectivity index (χ0v) is 16.6. The smallest absolute Gasteiger partial charge is 0.233 e. The topological polar surface area (TPSA) is 57.0 Å². The zero-order valence-electron chi connectivity index (χ0n) is 15.8. The van der Waals surface area contributed by atoms with Gasteiger partial charge in [0, 0.05) is 25.0 Å². The van der Waals surface area contributed by atoms with Crippen LogP contribution < -0.4 is 0 Å². The van der Waals surface area contributed by atoms with E-state index in [-0.39, 0.29) is 11.7 Å². The lowest BCUT2D eigenvalue weighted by atomic mass is 10.1. The van der Waals surface area contributed by atoms with Crippen molar-refractivity contribution in [1.29, 1.82) is 5.26 Å². The van der Waals surface area contributed by atoms with Gasteiger partial charge in [0.2, 0.25) is 5.91 Å². The van der Waals surface area contributed by atoms with Crippen LogP contribution in [0.25, 0.3) is 0 Å². The number of halogens is 1. The third kappa shape index (κ3) is 6.44. The van der Waals surface area contributed by atoms with E-state index in [0.717, 1.165) is 16.8 Å². The highest BCUT2D eigenvalue weighted by molar-refractivity contribution is 7.99. The van der Waals surface area contributed by atoms with Gasteiger partial charge in [0.1, 0.15) is 5.82 Å². The van der Waals surface area contributed by atoms with E-state index in [9.17, 15) is 9.18 Å². The molecule has 6 heteroatoms. The number of nitriles is 1. The first-order chi connectivity index (χ1) is 14.1. The molecule has 0 aliphatic heterocycles. The Morgan fingerprint density at radius 3 is 2.52 bits per heavy atom. The fourth-order valence-corrected chi connectivity index (χ4v) is 3.65. The van der Waals surface area contributed by atoms with Crippen molar-refractivity contribution in [2.24, 2.45) is 0 Å². The maximum absolute atomic E-state index is 13.6. The van der Waals surface area contributed by atoms with Gasteiger partial charge in [-0.2, -0.15) is 5.26 Å². The SMILES string of the molecule is N#Cc1ccc(CN(Cc2cccc(F)c2)C(=O)CSCc2ccccn2)cc1. The number of thioether (sulfide) groups is 1. The summed E-state index contributed by atoms with van der Waals surface area (Å²) in [7, 11) is 0. The Kier molecular flexibility index (Phi) is 7.37. The van der Waals surface area contributed by atoms with E-state index in [1.807, 2.05) is 36.4 Å². The maximum Gasteiger partial charge on any atom is 0.233 e. The second kappa shape index (κ2) is 10.4. The van der Waals surface area contributed by atoms with Crippen molar-refractivity contribution < 1.29 is 9.18 Å². The fourth-order valence-electron chi connectivity index (χ4n) is 2.81. The molecule has 0 atom stereocenters. The Bertz CT molecular complexity index is 987. The average molecular weight is 405 g/mol. The normalized spacial score (nSPS) is 10.3. The molecule has 0 N–H and O–H groups in total. The molecule has 29 heavy (non-hydrogen) atoms. The second-order valence-electron chi connectivity index (χ2n) is 6.50. The van der Waals surface area contributed by atoms with Gasteiger partial charge in [-0.25, -0.2) is 4.39 Å². The van der Waals surface area contributed by atoms with Crippen LogP contribution in [0.2, 0.25) is 0 Å². The van der Waals surface area contributed by atoms with Gasteiger partial charge >= 0.3 is 0 Å². The minimum Gasteiger partial charge on any atom is -0.333 e. The van der Waals surface area contributed by atoms with Gasteiger partial charge in [-0.3, -0.25) is 9.78 Å². The molecule has 3 aromatic rings. The molecule has 0 spiro atoms. The van der Waals surface area contributed by atoms with Crippen molar-refractivity contribution >= 4 is 17.7 Å². The summed E-state index contributed by atoms with van der Waals surface area (Å²) in [4.78, 5) is 18.9. The number of hydrogen-bond donors (Lipinski definition) is 0. The number of rotatable bonds is 8. The van der Waals surface area contributed by atoms with E-state index in [0.29, 0.717) is 30.2 Å². The van der Waals surface area contributed by atoms with Gasteiger partial charge in [-0.1, -0.05) is 30.3 Å². The molecule has 0 bridgehead atoms. The van der Waals surface area contributed by atoms with Crippen molar-refractivity contribution in [3.05, 3.63) is 101 Å². The van der Waals surface area contributed by atoms with Crippen molar-refractivity contribution in [2.75, 3.05) is 5.75 Å². The van der Waals surface area contributed by atoms with Crippen LogP contribution in [0.15, 0.2) is 72.9 Å². The monoisotopic (exact) mass is 405 g/mol. The third-order valence-corrected chi connectivity index (χ3v) is 5.22. The average Bonchev–Trinajstić information content (AvgIpc) is 2.74. The van der Waals surface area contributed by atoms with Crippen LogP contribution in [0.4, 0.5) is 4.39 Å². The lowest BCUT2D eigenvalue weighted by Crippen LogP contribution is -2.31. The number of carbonyl (C=O) groups is 1. The molecular weight excluding hydrogens is 385 g/mol. The molecule has 3 rings (SSSR count). The third-order valence-electron chi connectivity index (χ3n) is 4.27. The number of aromatic nitrogens is 1. The minimum absolute atomic E-state index is 0.0282. The zero-order chi connectivity index (χ0) is 20.5. The van der Waals surface area contributed by atoms with Crippen molar-refractivity contribution in [1.82, 2.24) is 9.88 Å². The maximum atomic E-state index is 13.6. The molecule has 0 unspecified atom stereocenters. The predicted molar refractivity (Wildman–Crippen MR) is 112 cm³/mol. The summed E-state index contributed by atoms with van der Waals surface area (Å²) in [5.74, 6) is 0.608. The van der Waals surface area contributed by atoms with Crippen LogP contribution in [-0.4, -0.2) is 21.5 Å². The molecule has 1 amide bonds. The van der Waals surface area contributed by atoms with E-state index < -0.39 is 0 Å². The highest BCUT2D eigenvalue weighted by Crippen LogP contribution is 2.16. The molecular formula is C23H20FN3OS. The van der Waals surface area contributed by atoms with Crippen molar-refractivity contribution in [2.45, 2.75) is 18.8 Å². The van der Waals surface area contributed by atoms with Gasteiger partial charge in [0.05, 0.1) is 23.1 Å². The van der Waals surface area contributed by atoms with Crippen molar-refractivity contribution in [3.63, 3.8) is 0 Å². The molecule has 0 radical (unpaired) electrons. The number of pyridine rings is 1. The molecule has 2 aromatic carbocycles. The van der Waals surface area contributed by atoms with Gasteiger partial charge in [0.25, 0.3) is 0 Å². The Balaban J connectivity index is 1.68. The fraction of sp³-hybridized carbons (Fsp3) is 0.174. The van der Waals surface area contributed by atoms with Gasteiger partial charge in [-0.15, -0.1) is 11.8 Å².